The van der Waals surface area contributed by atoms with E-state index < -0.39 is 0 Å². The van der Waals surface area contributed by atoms with Crippen LogP contribution in [-0.2, 0) is 4.79 Å². The Morgan fingerprint density at radius 1 is 1.40 bits per heavy atom. The average molecular weight is 250 g/mol. The molecule has 1 fully saturated rings. The normalized spacial score (nSPS) is 18.9. The first-order valence-electron chi connectivity index (χ1n) is 5.76. The molecular formula is C11H20ClNOS. The van der Waals surface area contributed by atoms with Gasteiger partial charge in [0.15, 0.2) is 0 Å². The zero-order valence-corrected chi connectivity index (χ0v) is 10.9. The molecule has 0 aromatic carbocycles. The number of thioether (sulfide) groups is 1. The maximum absolute atomic E-state index is 11.9. The summed E-state index contributed by atoms with van der Waals surface area (Å²) in [4.78, 5) is 13.8. The molecule has 1 heterocycles. The first kappa shape index (κ1) is 13.2. The summed E-state index contributed by atoms with van der Waals surface area (Å²) < 4.78 is 0. The molecule has 0 aromatic heterocycles. The molecule has 15 heavy (non-hydrogen) atoms. The third-order valence-corrected chi connectivity index (χ3v) is 3.99. The number of hydrogen-bond donors (Lipinski definition) is 0. The molecular weight excluding hydrogens is 230 g/mol. The van der Waals surface area contributed by atoms with Gasteiger partial charge >= 0.3 is 0 Å². The fourth-order valence-corrected chi connectivity index (χ4v) is 2.83. The van der Waals surface area contributed by atoms with Crippen LogP contribution >= 0.6 is 23.4 Å². The van der Waals surface area contributed by atoms with Gasteiger partial charge in [0, 0.05) is 13.1 Å². The monoisotopic (exact) mass is 249 g/mol. The van der Waals surface area contributed by atoms with Gasteiger partial charge in [0.1, 0.15) is 5.38 Å². The van der Waals surface area contributed by atoms with Crippen LogP contribution in [0.5, 0.6) is 0 Å². The highest BCUT2D eigenvalue weighted by atomic mass is 35.5. The van der Waals surface area contributed by atoms with E-state index in [0.717, 1.165) is 43.9 Å². The van der Waals surface area contributed by atoms with E-state index in [1.165, 1.54) is 6.42 Å². The molecule has 1 rings (SSSR count). The van der Waals surface area contributed by atoms with Crippen LogP contribution in [0.4, 0.5) is 0 Å². The summed E-state index contributed by atoms with van der Waals surface area (Å²) >= 11 is 7.94. The lowest BCUT2D eigenvalue weighted by molar-refractivity contribution is -0.131. The third kappa shape index (κ3) is 4.64. The van der Waals surface area contributed by atoms with Gasteiger partial charge in [-0.25, -0.2) is 0 Å². The largest absolute Gasteiger partial charge is 0.341 e. The van der Waals surface area contributed by atoms with Crippen molar-refractivity contribution in [2.75, 3.05) is 24.6 Å². The summed E-state index contributed by atoms with van der Waals surface area (Å²) in [7, 11) is 0. The van der Waals surface area contributed by atoms with E-state index in [1.54, 1.807) is 0 Å². The molecule has 2 nitrogen and oxygen atoms in total. The molecule has 1 amide bonds. The first-order valence-corrected chi connectivity index (χ1v) is 7.35. The Bertz CT molecular complexity index is 195. The average Bonchev–Trinajstić information content (AvgIpc) is 2.29. The van der Waals surface area contributed by atoms with Crippen LogP contribution in [-0.4, -0.2) is 40.8 Å². The minimum absolute atomic E-state index is 0.146. The summed E-state index contributed by atoms with van der Waals surface area (Å²) in [6.45, 7) is 3.94. The fourth-order valence-electron chi connectivity index (χ4n) is 1.77. The summed E-state index contributed by atoms with van der Waals surface area (Å²) in [5.74, 6) is 2.24. The standard InChI is InChI=1S/C11H20ClNOS/c1-2-15-9-6-10(12)11(14)13-7-4-3-5-8-13/h10H,2-9H2,1H3. The number of halogens is 1. The van der Waals surface area contributed by atoms with Gasteiger partial charge in [-0.1, -0.05) is 6.92 Å². The molecule has 0 aliphatic carbocycles. The topological polar surface area (TPSA) is 20.3 Å². The number of amides is 1. The number of piperidine rings is 1. The lowest BCUT2D eigenvalue weighted by Gasteiger charge is -2.28. The highest BCUT2D eigenvalue weighted by molar-refractivity contribution is 7.99. The lowest BCUT2D eigenvalue weighted by Crippen LogP contribution is -2.40. The molecule has 0 bridgehead atoms. The highest BCUT2D eigenvalue weighted by Gasteiger charge is 2.23. The Labute approximate surface area is 102 Å². The van der Waals surface area contributed by atoms with Crippen LogP contribution in [0.2, 0.25) is 0 Å². The maximum atomic E-state index is 11.9. The number of rotatable bonds is 5. The van der Waals surface area contributed by atoms with Crippen molar-refractivity contribution in [3.63, 3.8) is 0 Å². The van der Waals surface area contributed by atoms with Crippen LogP contribution in [0.15, 0.2) is 0 Å². The summed E-state index contributed by atoms with van der Waals surface area (Å²) in [6, 6.07) is 0. The van der Waals surface area contributed by atoms with Gasteiger partial charge in [-0.15, -0.1) is 11.6 Å². The Hall–Kier alpha value is 0.110. The number of carbonyl (C=O) groups is 1. The van der Waals surface area contributed by atoms with Crippen molar-refractivity contribution in [1.29, 1.82) is 0 Å². The van der Waals surface area contributed by atoms with E-state index in [0.29, 0.717) is 0 Å². The van der Waals surface area contributed by atoms with Gasteiger partial charge in [0.05, 0.1) is 0 Å². The maximum Gasteiger partial charge on any atom is 0.240 e. The fraction of sp³-hybridized carbons (Fsp3) is 0.909. The second-order valence-electron chi connectivity index (χ2n) is 3.84. The smallest absolute Gasteiger partial charge is 0.240 e. The molecule has 0 N–H and O–H groups in total. The second-order valence-corrected chi connectivity index (χ2v) is 5.76. The highest BCUT2D eigenvalue weighted by Crippen LogP contribution is 2.15. The lowest BCUT2D eigenvalue weighted by atomic mass is 10.1. The van der Waals surface area contributed by atoms with E-state index in [-0.39, 0.29) is 11.3 Å². The molecule has 1 aliphatic heterocycles. The van der Waals surface area contributed by atoms with Gasteiger partial charge in [-0.05, 0) is 37.2 Å². The molecule has 1 saturated heterocycles. The Kier molecular flexibility index (Phi) is 6.50. The molecule has 0 aromatic rings. The van der Waals surface area contributed by atoms with Crippen LogP contribution in [0.1, 0.15) is 32.6 Å². The van der Waals surface area contributed by atoms with Crippen LogP contribution in [0.3, 0.4) is 0 Å². The van der Waals surface area contributed by atoms with Gasteiger partial charge in [0.2, 0.25) is 5.91 Å². The van der Waals surface area contributed by atoms with Crippen molar-refractivity contribution in [3.8, 4) is 0 Å². The van der Waals surface area contributed by atoms with E-state index >= 15 is 0 Å². The van der Waals surface area contributed by atoms with Gasteiger partial charge in [-0.3, -0.25) is 4.79 Å². The van der Waals surface area contributed by atoms with Crippen molar-refractivity contribution in [1.82, 2.24) is 4.90 Å². The minimum Gasteiger partial charge on any atom is -0.341 e. The zero-order chi connectivity index (χ0) is 11.1. The Morgan fingerprint density at radius 3 is 2.67 bits per heavy atom. The molecule has 0 saturated carbocycles. The molecule has 1 unspecified atom stereocenters. The molecule has 1 atom stereocenters. The Morgan fingerprint density at radius 2 is 2.07 bits per heavy atom. The van der Waals surface area contributed by atoms with Crippen molar-refractivity contribution in [3.05, 3.63) is 0 Å². The van der Waals surface area contributed by atoms with Crippen LogP contribution < -0.4 is 0 Å². The van der Waals surface area contributed by atoms with Crippen LogP contribution in [0, 0.1) is 0 Å². The van der Waals surface area contributed by atoms with Gasteiger partial charge in [0.25, 0.3) is 0 Å². The van der Waals surface area contributed by atoms with Crippen molar-refractivity contribution >= 4 is 29.3 Å². The predicted octanol–water partition coefficient (Wildman–Crippen LogP) is 2.75. The number of likely N-dealkylation sites (tertiary alicyclic amines) is 1. The van der Waals surface area contributed by atoms with E-state index in [2.05, 4.69) is 6.92 Å². The SMILES string of the molecule is CCSCCC(Cl)C(=O)N1CCCCC1. The van der Waals surface area contributed by atoms with Crippen LogP contribution in [0.25, 0.3) is 0 Å². The van der Waals surface area contributed by atoms with Crippen molar-refractivity contribution in [2.45, 2.75) is 38.0 Å². The second kappa shape index (κ2) is 7.39. The summed E-state index contributed by atoms with van der Waals surface area (Å²) in [5.41, 5.74) is 0. The number of alkyl halides is 1. The Balaban J connectivity index is 2.24. The van der Waals surface area contributed by atoms with E-state index in [4.69, 9.17) is 11.6 Å². The number of hydrogen-bond acceptors (Lipinski definition) is 2. The molecule has 0 spiro atoms. The quantitative estimate of drug-likeness (QED) is 0.552. The predicted molar refractivity (Wildman–Crippen MR) is 67.7 cm³/mol. The zero-order valence-electron chi connectivity index (χ0n) is 9.38. The molecule has 0 radical (unpaired) electrons. The van der Waals surface area contributed by atoms with Gasteiger partial charge < -0.3 is 4.90 Å². The van der Waals surface area contributed by atoms with E-state index in [9.17, 15) is 4.79 Å². The molecule has 1 aliphatic rings. The van der Waals surface area contributed by atoms with Crippen molar-refractivity contribution < 1.29 is 4.79 Å². The minimum atomic E-state index is -0.304. The first-order chi connectivity index (χ1) is 7.25. The van der Waals surface area contributed by atoms with E-state index in [1.807, 2.05) is 16.7 Å². The molecule has 88 valence electrons. The van der Waals surface area contributed by atoms with Crippen molar-refractivity contribution in [2.24, 2.45) is 0 Å². The summed E-state index contributed by atoms with van der Waals surface area (Å²) in [5, 5.41) is -0.304. The number of carbonyl (C=O) groups excluding carboxylic acids is 1. The number of nitrogens with zero attached hydrogens (tertiary/aromatic N) is 1. The summed E-state index contributed by atoms with van der Waals surface area (Å²) in [6.07, 6.45) is 4.33. The van der Waals surface area contributed by atoms with Gasteiger partial charge in [-0.2, -0.15) is 11.8 Å². The molecule has 4 heteroatoms. The third-order valence-electron chi connectivity index (χ3n) is 2.66.